The molecule has 0 heterocycles. The minimum Gasteiger partial charge on any atom is -0.465 e. The number of methoxy groups -OCH3 is 1. The van der Waals surface area contributed by atoms with Crippen molar-refractivity contribution in [3.8, 4) is 0 Å². The van der Waals surface area contributed by atoms with Gasteiger partial charge in [-0.3, -0.25) is 4.79 Å². The van der Waals surface area contributed by atoms with Crippen molar-refractivity contribution in [2.24, 2.45) is 5.10 Å². The van der Waals surface area contributed by atoms with Crippen molar-refractivity contribution < 1.29 is 22.7 Å². The fourth-order valence-corrected chi connectivity index (χ4v) is 4.66. The summed E-state index contributed by atoms with van der Waals surface area (Å²) in [6.07, 6.45) is 1.82. The molecule has 1 N–H and O–H groups in total. The van der Waals surface area contributed by atoms with Crippen LogP contribution in [0.5, 0.6) is 0 Å². The summed E-state index contributed by atoms with van der Waals surface area (Å²) < 4.78 is 32.2. The van der Waals surface area contributed by atoms with Crippen LogP contribution in [0.3, 0.4) is 0 Å². The average molecular weight is 514 g/mol. The second kappa shape index (κ2) is 12.3. The predicted molar refractivity (Wildman–Crippen MR) is 134 cm³/mol. The number of hydrazone groups is 1. The van der Waals surface area contributed by atoms with E-state index in [0.717, 1.165) is 9.87 Å². The van der Waals surface area contributed by atoms with E-state index in [4.69, 9.17) is 11.6 Å². The van der Waals surface area contributed by atoms with Crippen molar-refractivity contribution in [3.63, 3.8) is 0 Å². The van der Waals surface area contributed by atoms with E-state index in [1.807, 2.05) is 30.3 Å². The summed E-state index contributed by atoms with van der Waals surface area (Å²) in [5, 5.41) is 4.30. The maximum absolute atomic E-state index is 13.2. The van der Waals surface area contributed by atoms with Crippen molar-refractivity contribution >= 4 is 39.7 Å². The highest BCUT2D eigenvalue weighted by atomic mass is 35.5. The van der Waals surface area contributed by atoms with Gasteiger partial charge in [0.1, 0.15) is 0 Å². The van der Waals surface area contributed by atoms with Gasteiger partial charge in [0.05, 0.1) is 30.3 Å². The quantitative estimate of drug-likeness (QED) is 0.254. The number of sulfonamides is 1. The van der Waals surface area contributed by atoms with Gasteiger partial charge in [-0.15, -0.1) is 0 Å². The Balaban J connectivity index is 1.69. The molecule has 0 fully saturated rings. The Labute approximate surface area is 209 Å². The molecule has 35 heavy (non-hydrogen) atoms. The Morgan fingerprint density at radius 3 is 2.29 bits per heavy atom. The van der Waals surface area contributed by atoms with E-state index in [-0.39, 0.29) is 11.4 Å². The molecule has 0 aliphatic rings. The number of nitrogens with one attached hydrogen (secondary N) is 1. The van der Waals surface area contributed by atoms with E-state index in [1.54, 1.807) is 24.3 Å². The zero-order valence-electron chi connectivity index (χ0n) is 18.9. The molecule has 0 unspecified atom stereocenters. The number of nitrogens with zero attached hydrogens (tertiary/aromatic N) is 2. The number of halogens is 1. The van der Waals surface area contributed by atoms with Crippen molar-refractivity contribution in [2.45, 2.75) is 11.3 Å². The standard InChI is InChI=1S/C25H24ClN3O5S/c1-34-25(31)21-9-7-20(8-10-21)17-27-28-24(30)18-29(16-15-19-5-3-2-4-6-19)35(32,33)23-13-11-22(26)12-14-23/h2-14,17H,15-16,18H2,1H3,(H,28,30)/b27-17-. The molecule has 0 bridgehead atoms. The highest BCUT2D eigenvalue weighted by Gasteiger charge is 2.26. The second-order valence-electron chi connectivity index (χ2n) is 7.43. The SMILES string of the molecule is COC(=O)c1ccc(/C=N\NC(=O)CN(CCc2ccccc2)S(=O)(=O)c2ccc(Cl)cc2)cc1. The smallest absolute Gasteiger partial charge is 0.337 e. The van der Waals surface area contributed by atoms with Gasteiger partial charge in [0, 0.05) is 11.6 Å². The molecule has 0 aliphatic carbocycles. The van der Waals surface area contributed by atoms with E-state index in [9.17, 15) is 18.0 Å². The summed E-state index contributed by atoms with van der Waals surface area (Å²) in [6, 6.07) is 21.6. The molecular weight excluding hydrogens is 490 g/mol. The molecule has 0 radical (unpaired) electrons. The Kier molecular flexibility index (Phi) is 9.13. The van der Waals surface area contributed by atoms with Crippen LogP contribution in [0.1, 0.15) is 21.5 Å². The highest BCUT2D eigenvalue weighted by Crippen LogP contribution is 2.19. The predicted octanol–water partition coefficient (Wildman–Crippen LogP) is 3.51. The van der Waals surface area contributed by atoms with Gasteiger partial charge in [-0.2, -0.15) is 9.41 Å². The second-order valence-corrected chi connectivity index (χ2v) is 9.81. The fourth-order valence-electron chi connectivity index (χ4n) is 3.14. The minimum absolute atomic E-state index is 0.0389. The number of benzene rings is 3. The lowest BCUT2D eigenvalue weighted by Crippen LogP contribution is -2.40. The minimum atomic E-state index is -3.96. The summed E-state index contributed by atoms with van der Waals surface area (Å²) in [5.74, 6) is -1.06. The lowest BCUT2D eigenvalue weighted by molar-refractivity contribution is -0.121. The molecule has 0 aliphatic heterocycles. The lowest BCUT2D eigenvalue weighted by Gasteiger charge is -2.21. The van der Waals surface area contributed by atoms with Crippen LogP contribution in [0.25, 0.3) is 0 Å². The Hall–Kier alpha value is -3.53. The number of carbonyl (C=O) groups is 2. The van der Waals surface area contributed by atoms with Crippen LogP contribution in [0.15, 0.2) is 88.9 Å². The van der Waals surface area contributed by atoms with Gasteiger partial charge in [0.25, 0.3) is 5.91 Å². The van der Waals surface area contributed by atoms with Crippen molar-refractivity contribution in [1.29, 1.82) is 0 Å². The molecule has 8 nitrogen and oxygen atoms in total. The molecule has 3 aromatic carbocycles. The number of esters is 1. The van der Waals surface area contributed by atoms with Gasteiger partial charge < -0.3 is 4.74 Å². The summed E-state index contributed by atoms with van der Waals surface area (Å²) in [4.78, 5) is 24.1. The molecule has 1 amide bonds. The summed E-state index contributed by atoms with van der Waals surface area (Å²) >= 11 is 5.89. The third-order valence-corrected chi connectivity index (χ3v) is 7.11. The van der Waals surface area contributed by atoms with Crippen LogP contribution in [-0.2, 0) is 26.0 Å². The van der Waals surface area contributed by atoms with Gasteiger partial charge in [-0.05, 0) is 53.9 Å². The first-order valence-corrected chi connectivity index (χ1v) is 12.4. The van der Waals surface area contributed by atoms with Gasteiger partial charge in [0.2, 0.25) is 10.0 Å². The number of ether oxygens (including phenoxy) is 1. The maximum Gasteiger partial charge on any atom is 0.337 e. The molecule has 3 aromatic rings. The monoisotopic (exact) mass is 513 g/mol. The third-order valence-electron chi connectivity index (χ3n) is 5.00. The molecule has 10 heteroatoms. The van der Waals surface area contributed by atoms with Gasteiger partial charge >= 0.3 is 5.97 Å². The zero-order valence-corrected chi connectivity index (χ0v) is 20.5. The molecule has 0 aromatic heterocycles. The summed E-state index contributed by atoms with van der Waals surface area (Å²) in [7, 11) is -2.66. The molecule has 182 valence electrons. The number of hydrogen-bond acceptors (Lipinski definition) is 6. The van der Waals surface area contributed by atoms with Gasteiger partial charge in [-0.25, -0.2) is 18.6 Å². The van der Waals surface area contributed by atoms with Crippen molar-refractivity contribution in [3.05, 3.63) is 101 Å². The average Bonchev–Trinajstić information content (AvgIpc) is 2.87. The van der Waals surface area contributed by atoms with Crippen molar-refractivity contribution in [1.82, 2.24) is 9.73 Å². The van der Waals surface area contributed by atoms with Crippen LogP contribution in [-0.4, -0.2) is 51.0 Å². The summed E-state index contributed by atoms with van der Waals surface area (Å²) in [6.45, 7) is -0.322. The maximum atomic E-state index is 13.2. The normalized spacial score (nSPS) is 11.5. The molecular formula is C25H24ClN3O5S. The Morgan fingerprint density at radius 1 is 1.00 bits per heavy atom. The van der Waals surface area contributed by atoms with Crippen LogP contribution < -0.4 is 5.43 Å². The van der Waals surface area contributed by atoms with Crippen molar-refractivity contribution in [2.75, 3.05) is 20.2 Å². The van der Waals surface area contributed by atoms with Gasteiger partial charge in [0.15, 0.2) is 0 Å². The summed E-state index contributed by atoms with van der Waals surface area (Å²) in [5.41, 5.74) is 4.31. The Morgan fingerprint density at radius 2 is 1.66 bits per heavy atom. The number of carbonyl (C=O) groups excluding carboxylic acids is 2. The third kappa shape index (κ3) is 7.48. The van der Waals surface area contributed by atoms with Crippen LogP contribution >= 0.6 is 11.6 Å². The topological polar surface area (TPSA) is 105 Å². The molecule has 0 saturated carbocycles. The highest BCUT2D eigenvalue weighted by molar-refractivity contribution is 7.89. The fraction of sp³-hybridized carbons (Fsp3) is 0.160. The van der Waals surface area contributed by atoms with E-state index >= 15 is 0 Å². The zero-order chi connectivity index (χ0) is 25.3. The van der Waals surface area contributed by atoms with Crippen LogP contribution in [0.2, 0.25) is 5.02 Å². The number of amides is 1. The first-order chi connectivity index (χ1) is 16.8. The first kappa shape index (κ1) is 26.1. The molecule has 3 rings (SSSR count). The molecule has 0 spiro atoms. The molecule has 0 atom stereocenters. The molecule has 0 saturated heterocycles. The van der Waals surface area contributed by atoms with E-state index in [1.165, 1.54) is 37.6 Å². The number of hydrogen-bond donors (Lipinski definition) is 1. The van der Waals surface area contributed by atoms with E-state index < -0.39 is 28.4 Å². The lowest BCUT2D eigenvalue weighted by atomic mass is 10.1. The Bertz CT molecular complexity index is 1280. The van der Waals surface area contributed by atoms with Gasteiger partial charge in [-0.1, -0.05) is 54.1 Å². The van der Waals surface area contributed by atoms with Crippen LogP contribution in [0, 0.1) is 0 Å². The van der Waals surface area contributed by atoms with Crippen LogP contribution in [0.4, 0.5) is 0 Å². The number of rotatable bonds is 10. The first-order valence-electron chi connectivity index (χ1n) is 10.6. The van der Waals surface area contributed by atoms with E-state index in [2.05, 4.69) is 15.3 Å². The largest absolute Gasteiger partial charge is 0.465 e. The van der Waals surface area contributed by atoms with E-state index in [0.29, 0.717) is 22.6 Å².